The first kappa shape index (κ1) is 25.8. The number of ether oxygens (including phenoxy) is 2. The predicted molar refractivity (Wildman–Crippen MR) is 145 cm³/mol. The molecule has 4 rings (SSSR count). The van der Waals surface area contributed by atoms with Gasteiger partial charge < -0.3 is 19.8 Å². The summed E-state index contributed by atoms with van der Waals surface area (Å²) in [5.41, 5.74) is 3.54. The fraction of sp³-hybridized carbons (Fsp3) is 0.185. The third kappa shape index (κ3) is 5.91. The van der Waals surface area contributed by atoms with E-state index in [0.717, 1.165) is 34.0 Å². The molecule has 0 saturated heterocycles. The second kappa shape index (κ2) is 11.6. The number of imidazole rings is 1. The molecule has 0 aliphatic rings. The Hall–Kier alpha value is -3.30. The molecule has 0 aliphatic carbocycles. The molecule has 0 bridgehead atoms. The average Bonchev–Trinajstić information content (AvgIpc) is 3.32. The number of hydrogen-bond acceptors (Lipinski definition) is 5. The highest BCUT2D eigenvalue weighted by Crippen LogP contribution is 2.36. The zero-order valence-electron chi connectivity index (χ0n) is 20.0. The number of carbonyl (C=O) groups is 1. The monoisotopic (exact) mass is 569 g/mol. The van der Waals surface area contributed by atoms with Gasteiger partial charge in [0.15, 0.2) is 5.16 Å². The van der Waals surface area contributed by atoms with Gasteiger partial charge in [0.25, 0.3) is 0 Å². The average molecular weight is 570 g/mol. The van der Waals surface area contributed by atoms with Crippen LogP contribution in [0.1, 0.15) is 13.3 Å². The van der Waals surface area contributed by atoms with Crippen LogP contribution in [0.3, 0.4) is 0 Å². The van der Waals surface area contributed by atoms with Gasteiger partial charge in [-0.3, -0.25) is 4.79 Å². The van der Waals surface area contributed by atoms with Gasteiger partial charge in [0, 0.05) is 15.6 Å². The quantitative estimate of drug-likeness (QED) is 0.209. The van der Waals surface area contributed by atoms with E-state index >= 15 is 0 Å². The highest BCUT2D eigenvalue weighted by atomic mass is 79.9. The molecule has 1 aromatic heterocycles. The summed E-state index contributed by atoms with van der Waals surface area (Å²) < 4.78 is 25.4. The van der Waals surface area contributed by atoms with E-state index in [-0.39, 0.29) is 11.6 Å². The molecule has 2 N–H and O–H groups in total. The first-order chi connectivity index (χ1) is 17.4. The van der Waals surface area contributed by atoms with E-state index in [2.05, 4.69) is 26.2 Å². The number of carbonyl (C=O) groups excluding carboxylic acids is 1. The Kier molecular flexibility index (Phi) is 8.32. The maximum Gasteiger partial charge on any atom is 0.238 e. The van der Waals surface area contributed by atoms with Gasteiger partial charge in [-0.25, -0.2) is 9.37 Å². The van der Waals surface area contributed by atoms with Gasteiger partial charge in [0.2, 0.25) is 5.91 Å². The van der Waals surface area contributed by atoms with Crippen LogP contribution in [0, 0.1) is 5.82 Å². The normalized spacial score (nSPS) is 11.7. The number of anilines is 1. The van der Waals surface area contributed by atoms with Crippen molar-refractivity contribution >= 4 is 39.3 Å². The molecule has 36 heavy (non-hydrogen) atoms. The summed E-state index contributed by atoms with van der Waals surface area (Å²) in [6.45, 7) is 1.91. The van der Waals surface area contributed by atoms with E-state index in [0.29, 0.717) is 16.0 Å². The Balaban J connectivity index is 1.64. The van der Waals surface area contributed by atoms with Crippen LogP contribution < -0.4 is 14.8 Å². The molecular weight excluding hydrogens is 545 g/mol. The van der Waals surface area contributed by atoms with Gasteiger partial charge in [-0.15, -0.1) is 0 Å². The van der Waals surface area contributed by atoms with Crippen molar-refractivity contribution in [1.82, 2.24) is 9.97 Å². The van der Waals surface area contributed by atoms with Crippen molar-refractivity contribution in [3.8, 4) is 34.0 Å². The smallest absolute Gasteiger partial charge is 0.238 e. The molecule has 1 heterocycles. The first-order valence-electron chi connectivity index (χ1n) is 11.2. The Morgan fingerprint density at radius 3 is 2.19 bits per heavy atom. The molecule has 186 valence electrons. The summed E-state index contributed by atoms with van der Waals surface area (Å²) in [7, 11) is 3.25. The second-order valence-corrected chi connectivity index (χ2v) is 9.96. The number of halogens is 2. The van der Waals surface area contributed by atoms with Gasteiger partial charge in [-0.1, -0.05) is 34.6 Å². The fourth-order valence-corrected chi connectivity index (χ4v) is 4.83. The zero-order chi connectivity index (χ0) is 25.7. The molecule has 0 fully saturated rings. The molecule has 1 amide bonds. The minimum atomic E-state index is -0.501. The molecule has 6 nitrogen and oxygen atoms in total. The van der Waals surface area contributed by atoms with Crippen molar-refractivity contribution in [3.63, 3.8) is 0 Å². The van der Waals surface area contributed by atoms with Gasteiger partial charge in [-0.2, -0.15) is 0 Å². The molecule has 4 aromatic rings. The van der Waals surface area contributed by atoms with E-state index in [4.69, 9.17) is 14.5 Å². The number of methoxy groups -OCH3 is 2. The van der Waals surface area contributed by atoms with E-state index in [1.54, 1.807) is 20.3 Å². The van der Waals surface area contributed by atoms with Crippen molar-refractivity contribution in [2.75, 3.05) is 19.5 Å². The highest BCUT2D eigenvalue weighted by molar-refractivity contribution is 9.10. The number of aromatic nitrogens is 2. The molecule has 0 spiro atoms. The summed E-state index contributed by atoms with van der Waals surface area (Å²) in [6.07, 6.45) is 0.533. The third-order valence-electron chi connectivity index (χ3n) is 5.53. The van der Waals surface area contributed by atoms with Crippen molar-refractivity contribution in [1.29, 1.82) is 0 Å². The number of hydrogen-bond donors (Lipinski definition) is 2. The number of H-pyrrole nitrogens is 1. The summed E-state index contributed by atoms with van der Waals surface area (Å²) in [6, 6.07) is 19.8. The topological polar surface area (TPSA) is 76.2 Å². The molecule has 0 aliphatic heterocycles. The van der Waals surface area contributed by atoms with Crippen molar-refractivity contribution < 1.29 is 18.7 Å². The number of nitrogens with zero attached hydrogens (tertiary/aromatic N) is 1. The standard InChI is InChI=1S/C27H25BrFN3O3S/c1-4-23(26(33)30-22-14-9-18(28)15-21(22)29)36-27-31-24(16-5-10-19(34-2)11-6-16)25(32-27)17-7-12-20(35-3)13-8-17/h5-15,23H,4H2,1-3H3,(H,30,33)(H,31,32). The van der Waals surface area contributed by atoms with Crippen LogP contribution in [0.15, 0.2) is 76.4 Å². The fourth-order valence-electron chi connectivity index (χ4n) is 3.59. The maximum atomic E-state index is 14.3. The van der Waals surface area contributed by atoms with Crippen LogP contribution in [0.5, 0.6) is 11.5 Å². The molecule has 9 heteroatoms. The van der Waals surface area contributed by atoms with E-state index in [1.807, 2.05) is 55.5 Å². The number of benzene rings is 3. The molecular formula is C27H25BrFN3O3S. The lowest BCUT2D eigenvalue weighted by Gasteiger charge is -2.14. The number of rotatable bonds is 9. The zero-order valence-corrected chi connectivity index (χ0v) is 22.4. The molecule has 0 radical (unpaired) electrons. The lowest BCUT2D eigenvalue weighted by Crippen LogP contribution is -2.25. The molecule has 1 atom stereocenters. The van der Waals surface area contributed by atoms with Crippen molar-refractivity contribution in [3.05, 3.63) is 77.0 Å². The van der Waals surface area contributed by atoms with Gasteiger partial charge in [0.05, 0.1) is 36.5 Å². The number of thioether (sulfide) groups is 1. The Bertz CT molecular complexity index is 1280. The lowest BCUT2D eigenvalue weighted by atomic mass is 10.0. The van der Waals surface area contributed by atoms with E-state index < -0.39 is 11.1 Å². The molecule has 0 saturated carbocycles. The minimum absolute atomic E-state index is 0.138. The van der Waals surface area contributed by atoms with Gasteiger partial charge in [0.1, 0.15) is 17.3 Å². The summed E-state index contributed by atoms with van der Waals surface area (Å²) in [5, 5.41) is 2.80. The highest BCUT2D eigenvalue weighted by Gasteiger charge is 2.23. The predicted octanol–water partition coefficient (Wildman–Crippen LogP) is 7.17. The van der Waals surface area contributed by atoms with Crippen LogP contribution in [0.25, 0.3) is 22.5 Å². The van der Waals surface area contributed by atoms with Crippen LogP contribution in [-0.4, -0.2) is 35.3 Å². The SMILES string of the molecule is CCC(Sc1nc(-c2ccc(OC)cc2)c(-c2ccc(OC)cc2)[nH]1)C(=O)Nc1ccc(Br)cc1F. The Morgan fingerprint density at radius 1 is 1.03 bits per heavy atom. The van der Waals surface area contributed by atoms with Crippen molar-refractivity contribution in [2.45, 2.75) is 23.8 Å². The van der Waals surface area contributed by atoms with Crippen LogP contribution in [0.4, 0.5) is 10.1 Å². The minimum Gasteiger partial charge on any atom is -0.497 e. The van der Waals surface area contributed by atoms with E-state index in [1.165, 1.54) is 23.9 Å². The summed E-state index contributed by atoms with van der Waals surface area (Å²) >= 11 is 4.53. The molecule has 1 unspecified atom stereocenters. The Labute approximate surface area is 221 Å². The first-order valence-corrected chi connectivity index (χ1v) is 12.9. The Morgan fingerprint density at radius 2 is 1.64 bits per heavy atom. The number of nitrogens with one attached hydrogen (secondary N) is 2. The lowest BCUT2D eigenvalue weighted by molar-refractivity contribution is -0.115. The number of amides is 1. The maximum absolute atomic E-state index is 14.3. The van der Waals surface area contributed by atoms with Crippen LogP contribution >= 0.6 is 27.7 Å². The largest absolute Gasteiger partial charge is 0.497 e. The number of aromatic amines is 1. The summed E-state index contributed by atoms with van der Waals surface area (Å²) in [4.78, 5) is 21.2. The third-order valence-corrected chi connectivity index (χ3v) is 7.27. The second-order valence-electron chi connectivity index (χ2n) is 7.85. The van der Waals surface area contributed by atoms with E-state index in [9.17, 15) is 9.18 Å². The van der Waals surface area contributed by atoms with Crippen molar-refractivity contribution in [2.24, 2.45) is 0 Å². The molecule has 3 aromatic carbocycles. The van der Waals surface area contributed by atoms with Gasteiger partial charge >= 0.3 is 0 Å². The van der Waals surface area contributed by atoms with Crippen LogP contribution in [0.2, 0.25) is 0 Å². The summed E-state index contributed by atoms with van der Waals surface area (Å²) in [5.74, 6) is 0.704. The van der Waals surface area contributed by atoms with Crippen LogP contribution in [-0.2, 0) is 4.79 Å². The van der Waals surface area contributed by atoms with Gasteiger partial charge in [-0.05, 0) is 73.2 Å².